The maximum atomic E-state index is 12.3. The largest absolute Gasteiger partial charge is 0.353 e. The van der Waals surface area contributed by atoms with Gasteiger partial charge in [-0.25, -0.2) is 0 Å². The zero-order chi connectivity index (χ0) is 13.8. The highest BCUT2D eigenvalue weighted by molar-refractivity contribution is 8.13. The number of likely N-dealkylation sites (tertiary alicyclic amines) is 1. The van der Waals surface area contributed by atoms with E-state index < -0.39 is 0 Å². The van der Waals surface area contributed by atoms with Gasteiger partial charge in [-0.05, 0) is 39.0 Å². The molecule has 0 aliphatic carbocycles. The molecule has 2 aliphatic heterocycles. The van der Waals surface area contributed by atoms with Crippen molar-refractivity contribution in [1.82, 2.24) is 10.2 Å². The number of hydrogen-bond acceptors (Lipinski definition) is 4. The maximum Gasteiger partial charge on any atom is 0.244 e. The van der Waals surface area contributed by atoms with E-state index in [1.54, 1.807) is 11.8 Å². The molecule has 0 aromatic carbocycles. The molecule has 1 fully saturated rings. The number of amides is 1. The van der Waals surface area contributed by atoms with Gasteiger partial charge < -0.3 is 10.2 Å². The molecule has 2 heterocycles. The monoisotopic (exact) mass is 283 g/mol. The normalized spacial score (nSPS) is 29.6. The van der Waals surface area contributed by atoms with Gasteiger partial charge in [0.2, 0.25) is 5.91 Å². The van der Waals surface area contributed by atoms with Gasteiger partial charge in [0, 0.05) is 18.8 Å². The molecule has 2 aliphatic rings. The van der Waals surface area contributed by atoms with Crippen molar-refractivity contribution >= 4 is 22.8 Å². The van der Waals surface area contributed by atoms with Crippen LogP contribution in [0.4, 0.5) is 0 Å². The van der Waals surface area contributed by atoms with E-state index in [0.717, 1.165) is 36.9 Å². The number of carbonyl (C=O) groups is 1. The standard InChI is InChI=1S/C14H25N3OS/c1-10-9-19-14(15-11(10)2)16-12(3)13(18)17-7-5-4-6-8-17/h10-12H,4-9H2,1-3H3,(H,15,16). The van der Waals surface area contributed by atoms with Gasteiger partial charge in [-0.3, -0.25) is 9.79 Å². The number of nitrogens with one attached hydrogen (secondary N) is 1. The molecule has 108 valence electrons. The van der Waals surface area contributed by atoms with E-state index in [2.05, 4.69) is 24.2 Å². The van der Waals surface area contributed by atoms with Crippen molar-refractivity contribution in [2.24, 2.45) is 10.9 Å². The highest BCUT2D eigenvalue weighted by Gasteiger charge is 2.25. The van der Waals surface area contributed by atoms with Gasteiger partial charge in [0.05, 0.1) is 6.04 Å². The molecular formula is C14H25N3OS. The average molecular weight is 283 g/mol. The summed E-state index contributed by atoms with van der Waals surface area (Å²) in [5.41, 5.74) is 0. The number of amidine groups is 1. The molecule has 1 amide bonds. The minimum absolute atomic E-state index is 0.162. The van der Waals surface area contributed by atoms with Gasteiger partial charge in [0.25, 0.3) is 0 Å². The van der Waals surface area contributed by atoms with Crippen LogP contribution in [0.2, 0.25) is 0 Å². The predicted molar refractivity (Wildman–Crippen MR) is 81.5 cm³/mol. The van der Waals surface area contributed by atoms with Crippen LogP contribution in [0.15, 0.2) is 4.99 Å². The Labute approximate surface area is 120 Å². The Kier molecular flexibility index (Phi) is 5.13. The zero-order valence-electron chi connectivity index (χ0n) is 12.2. The maximum absolute atomic E-state index is 12.3. The number of nitrogens with zero attached hydrogens (tertiary/aromatic N) is 2. The number of carbonyl (C=O) groups excluding carboxylic acids is 1. The second-order valence-corrected chi connectivity index (χ2v) is 6.72. The summed E-state index contributed by atoms with van der Waals surface area (Å²) in [6.07, 6.45) is 3.54. The lowest BCUT2D eigenvalue weighted by atomic mass is 10.1. The van der Waals surface area contributed by atoms with Crippen LogP contribution in [0.25, 0.3) is 0 Å². The van der Waals surface area contributed by atoms with Crippen LogP contribution in [0, 0.1) is 5.92 Å². The second kappa shape index (κ2) is 6.64. The van der Waals surface area contributed by atoms with Crippen molar-refractivity contribution in [1.29, 1.82) is 0 Å². The molecule has 2 rings (SSSR count). The highest BCUT2D eigenvalue weighted by Crippen LogP contribution is 2.22. The van der Waals surface area contributed by atoms with Crippen molar-refractivity contribution in [3.05, 3.63) is 0 Å². The topological polar surface area (TPSA) is 44.7 Å². The van der Waals surface area contributed by atoms with Crippen LogP contribution in [0.3, 0.4) is 0 Å². The molecule has 0 spiro atoms. The van der Waals surface area contributed by atoms with Crippen LogP contribution < -0.4 is 5.32 Å². The molecule has 3 atom stereocenters. The summed E-state index contributed by atoms with van der Waals surface area (Å²) in [6, 6.07) is 0.186. The van der Waals surface area contributed by atoms with Crippen molar-refractivity contribution in [2.75, 3.05) is 18.8 Å². The number of thioether (sulfide) groups is 1. The Morgan fingerprint density at radius 2 is 2.05 bits per heavy atom. The molecule has 0 radical (unpaired) electrons. The summed E-state index contributed by atoms with van der Waals surface area (Å²) in [7, 11) is 0. The minimum atomic E-state index is -0.162. The van der Waals surface area contributed by atoms with E-state index in [-0.39, 0.29) is 11.9 Å². The molecule has 0 saturated carbocycles. The van der Waals surface area contributed by atoms with E-state index >= 15 is 0 Å². The Bertz CT molecular complexity index is 353. The minimum Gasteiger partial charge on any atom is -0.353 e. The summed E-state index contributed by atoms with van der Waals surface area (Å²) in [5.74, 6) is 1.91. The molecule has 3 unspecified atom stereocenters. The van der Waals surface area contributed by atoms with E-state index in [1.807, 2.05) is 11.8 Å². The van der Waals surface area contributed by atoms with Gasteiger partial charge in [-0.15, -0.1) is 0 Å². The van der Waals surface area contributed by atoms with Crippen LogP contribution in [0.1, 0.15) is 40.0 Å². The number of rotatable bonds is 2. The lowest BCUT2D eigenvalue weighted by Gasteiger charge is -2.31. The molecule has 1 N–H and O–H groups in total. The summed E-state index contributed by atoms with van der Waals surface area (Å²) < 4.78 is 0. The SMILES string of the molecule is CC(NC1=NC(C)C(C)CS1)C(=O)N1CCCCC1. The third-order valence-corrected chi connectivity index (χ3v) is 5.19. The van der Waals surface area contributed by atoms with Gasteiger partial charge in [0.1, 0.15) is 6.04 Å². The molecule has 1 saturated heterocycles. The van der Waals surface area contributed by atoms with Crippen LogP contribution in [-0.2, 0) is 4.79 Å². The van der Waals surface area contributed by atoms with E-state index in [0.29, 0.717) is 12.0 Å². The molecule has 0 bridgehead atoms. The third kappa shape index (κ3) is 3.88. The van der Waals surface area contributed by atoms with Gasteiger partial charge in [-0.2, -0.15) is 0 Å². The Balaban J connectivity index is 1.88. The number of piperidine rings is 1. The smallest absolute Gasteiger partial charge is 0.244 e. The van der Waals surface area contributed by atoms with E-state index in [4.69, 9.17) is 0 Å². The summed E-state index contributed by atoms with van der Waals surface area (Å²) in [5, 5.41) is 4.22. The summed E-state index contributed by atoms with van der Waals surface area (Å²) in [6.45, 7) is 8.14. The van der Waals surface area contributed by atoms with Crippen molar-refractivity contribution < 1.29 is 4.79 Å². The fraction of sp³-hybridized carbons (Fsp3) is 0.857. The van der Waals surface area contributed by atoms with Crippen LogP contribution in [-0.4, -0.2) is 46.9 Å². The molecule has 4 nitrogen and oxygen atoms in total. The number of hydrogen-bond donors (Lipinski definition) is 1. The summed E-state index contributed by atoms with van der Waals surface area (Å²) >= 11 is 1.74. The Morgan fingerprint density at radius 1 is 1.37 bits per heavy atom. The highest BCUT2D eigenvalue weighted by atomic mass is 32.2. The van der Waals surface area contributed by atoms with Gasteiger partial charge in [0.15, 0.2) is 5.17 Å². The van der Waals surface area contributed by atoms with Crippen molar-refractivity contribution in [2.45, 2.75) is 52.1 Å². The molecule has 0 aromatic rings. The first-order chi connectivity index (χ1) is 9.08. The molecule has 0 aromatic heterocycles. The molecular weight excluding hydrogens is 258 g/mol. The van der Waals surface area contributed by atoms with Crippen LogP contribution in [0.5, 0.6) is 0 Å². The first-order valence-corrected chi connectivity index (χ1v) is 8.32. The Hall–Kier alpha value is -0.710. The second-order valence-electron chi connectivity index (χ2n) is 5.72. The van der Waals surface area contributed by atoms with Crippen LogP contribution >= 0.6 is 11.8 Å². The predicted octanol–water partition coefficient (Wildman–Crippen LogP) is 2.10. The fourth-order valence-corrected chi connectivity index (χ4v) is 3.61. The first kappa shape index (κ1) is 14.7. The van der Waals surface area contributed by atoms with Gasteiger partial charge >= 0.3 is 0 Å². The average Bonchev–Trinajstić information content (AvgIpc) is 2.43. The van der Waals surface area contributed by atoms with Gasteiger partial charge in [-0.1, -0.05) is 18.7 Å². The van der Waals surface area contributed by atoms with Crippen molar-refractivity contribution in [3.8, 4) is 0 Å². The van der Waals surface area contributed by atoms with Crippen molar-refractivity contribution in [3.63, 3.8) is 0 Å². The fourth-order valence-electron chi connectivity index (χ4n) is 2.41. The first-order valence-electron chi connectivity index (χ1n) is 7.34. The van der Waals surface area contributed by atoms with E-state index in [1.165, 1.54) is 6.42 Å². The third-order valence-electron chi connectivity index (χ3n) is 4.01. The quantitative estimate of drug-likeness (QED) is 0.844. The zero-order valence-corrected chi connectivity index (χ0v) is 13.0. The van der Waals surface area contributed by atoms with E-state index in [9.17, 15) is 4.79 Å². The molecule has 5 heteroatoms. The lowest BCUT2D eigenvalue weighted by Crippen LogP contribution is -2.48. The molecule has 19 heavy (non-hydrogen) atoms. The number of aliphatic imine (C=N–C) groups is 1. The lowest BCUT2D eigenvalue weighted by molar-refractivity contribution is -0.133. The summed E-state index contributed by atoms with van der Waals surface area (Å²) in [4.78, 5) is 18.9. The Morgan fingerprint density at radius 3 is 2.68 bits per heavy atom.